The van der Waals surface area contributed by atoms with Gasteiger partial charge >= 0.3 is 0 Å². The minimum absolute atomic E-state index is 0.0221. The molecular formula is C15H16Br2N2O2. The second-order valence-corrected chi connectivity index (χ2v) is 7.41. The van der Waals surface area contributed by atoms with Crippen LogP contribution in [-0.4, -0.2) is 23.9 Å². The molecule has 0 radical (unpaired) electrons. The van der Waals surface area contributed by atoms with Crippen molar-refractivity contribution in [3.63, 3.8) is 0 Å². The fourth-order valence-electron chi connectivity index (χ4n) is 3.20. The van der Waals surface area contributed by atoms with Gasteiger partial charge in [0.05, 0.1) is 5.69 Å². The first kappa shape index (κ1) is 15.0. The molecule has 1 aromatic rings. The van der Waals surface area contributed by atoms with Gasteiger partial charge < -0.3 is 10.2 Å². The number of carbonyl (C=O) groups excluding carboxylic acids is 2. The molecule has 1 aliphatic heterocycles. The summed E-state index contributed by atoms with van der Waals surface area (Å²) in [4.78, 5) is 26.8. The number of nitrogens with zero attached hydrogens (tertiary/aromatic N) is 1. The molecule has 1 spiro atoms. The van der Waals surface area contributed by atoms with Gasteiger partial charge in [-0.25, -0.2) is 0 Å². The predicted octanol–water partition coefficient (Wildman–Crippen LogP) is 3.38. The van der Waals surface area contributed by atoms with Crippen molar-refractivity contribution in [1.29, 1.82) is 0 Å². The Hall–Kier alpha value is -0.880. The van der Waals surface area contributed by atoms with E-state index in [1.165, 1.54) is 0 Å². The first-order chi connectivity index (χ1) is 10.0. The van der Waals surface area contributed by atoms with Crippen molar-refractivity contribution in [1.82, 2.24) is 5.32 Å². The van der Waals surface area contributed by atoms with Crippen molar-refractivity contribution in [2.45, 2.75) is 37.6 Å². The molecule has 6 heteroatoms. The third kappa shape index (κ3) is 2.75. The Bertz CT molecular complexity index is 597. The molecule has 1 heterocycles. The molecule has 0 bridgehead atoms. The van der Waals surface area contributed by atoms with Crippen molar-refractivity contribution in [3.8, 4) is 0 Å². The zero-order valence-electron chi connectivity index (χ0n) is 11.5. The fraction of sp³-hybridized carbons (Fsp3) is 0.467. The smallest absolute Gasteiger partial charge is 0.252 e. The second kappa shape index (κ2) is 5.72. The van der Waals surface area contributed by atoms with Crippen LogP contribution in [0.25, 0.3) is 0 Å². The first-order valence-electron chi connectivity index (χ1n) is 7.10. The van der Waals surface area contributed by atoms with E-state index in [0.717, 1.165) is 40.3 Å². The van der Waals surface area contributed by atoms with E-state index in [0.29, 0.717) is 13.0 Å². The van der Waals surface area contributed by atoms with Crippen LogP contribution in [0.3, 0.4) is 0 Å². The molecule has 2 aliphatic rings. The van der Waals surface area contributed by atoms with Gasteiger partial charge in [0.2, 0.25) is 5.91 Å². The van der Waals surface area contributed by atoms with E-state index in [1.807, 2.05) is 18.2 Å². The Balaban J connectivity index is 2.00. The summed E-state index contributed by atoms with van der Waals surface area (Å²) in [6.45, 7) is 0.423. The van der Waals surface area contributed by atoms with Crippen LogP contribution >= 0.6 is 31.9 Å². The van der Waals surface area contributed by atoms with Gasteiger partial charge in [0, 0.05) is 21.9 Å². The molecule has 1 saturated carbocycles. The summed E-state index contributed by atoms with van der Waals surface area (Å²) in [6.07, 6.45) is 3.79. The summed E-state index contributed by atoms with van der Waals surface area (Å²) in [5, 5.41) is 2.98. The van der Waals surface area contributed by atoms with E-state index in [2.05, 4.69) is 37.2 Å². The van der Waals surface area contributed by atoms with E-state index in [1.54, 1.807) is 4.90 Å². The van der Waals surface area contributed by atoms with Gasteiger partial charge in [-0.2, -0.15) is 0 Å². The van der Waals surface area contributed by atoms with Crippen LogP contribution in [0.15, 0.2) is 27.1 Å². The summed E-state index contributed by atoms with van der Waals surface area (Å²) < 4.78 is 1.80. The number of halogens is 2. The van der Waals surface area contributed by atoms with Crippen LogP contribution in [-0.2, 0) is 9.59 Å². The number of hydrogen-bond donors (Lipinski definition) is 1. The Labute approximate surface area is 140 Å². The van der Waals surface area contributed by atoms with Crippen LogP contribution in [0.5, 0.6) is 0 Å². The zero-order chi connectivity index (χ0) is 15.0. The fourth-order valence-corrected chi connectivity index (χ4v) is 4.46. The first-order valence-corrected chi connectivity index (χ1v) is 8.68. The summed E-state index contributed by atoms with van der Waals surface area (Å²) in [6, 6.07) is 5.74. The summed E-state index contributed by atoms with van der Waals surface area (Å²) in [7, 11) is 0. The van der Waals surface area contributed by atoms with Gasteiger partial charge in [0.1, 0.15) is 5.54 Å². The number of carbonyl (C=O) groups is 2. The van der Waals surface area contributed by atoms with E-state index >= 15 is 0 Å². The lowest BCUT2D eigenvalue weighted by atomic mass is 9.95. The quantitative estimate of drug-likeness (QED) is 0.764. The molecule has 1 N–H and O–H groups in total. The maximum Gasteiger partial charge on any atom is 0.252 e. The Kier molecular flexibility index (Phi) is 4.10. The van der Waals surface area contributed by atoms with Gasteiger partial charge in [-0.15, -0.1) is 0 Å². The average molecular weight is 416 g/mol. The third-order valence-electron chi connectivity index (χ3n) is 4.25. The van der Waals surface area contributed by atoms with E-state index in [4.69, 9.17) is 0 Å². The predicted molar refractivity (Wildman–Crippen MR) is 88.2 cm³/mol. The maximum absolute atomic E-state index is 13.0. The topological polar surface area (TPSA) is 49.4 Å². The minimum Gasteiger partial charge on any atom is -0.342 e. The van der Waals surface area contributed by atoms with Crippen molar-refractivity contribution < 1.29 is 9.59 Å². The van der Waals surface area contributed by atoms with Gasteiger partial charge in [-0.3, -0.25) is 9.59 Å². The molecule has 4 nitrogen and oxygen atoms in total. The maximum atomic E-state index is 13.0. The lowest BCUT2D eigenvalue weighted by Crippen LogP contribution is -2.55. The molecule has 0 unspecified atom stereocenters. The summed E-state index contributed by atoms with van der Waals surface area (Å²) in [5.41, 5.74) is 0.131. The van der Waals surface area contributed by atoms with Gasteiger partial charge in [-0.05, 0) is 47.0 Å². The standard InChI is InChI=1S/C15H16Br2N2O2/c16-10-3-4-12(11(17)9-10)19-8-5-13(20)18-15(14(19)21)6-1-2-7-15/h3-4,9H,1-2,5-8H2,(H,18,20). The van der Waals surface area contributed by atoms with Gasteiger partial charge in [-0.1, -0.05) is 28.8 Å². The molecule has 0 atom stereocenters. The van der Waals surface area contributed by atoms with E-state index < -0.39 is 5.54 Å². The molecule has 3 rings (SSSR count). The summed E-state index contributed by atoms with van der Waals surface area (Å²) >= 11 is 6.94. The van der Waals surface area contributed by atoms with Gasteiger partial charge in [0.15, 0.2) is 0 Å². The lowest BCUT2D eigenvalue weighted by molar-refractivity contribution is -0.129. The number of anilines is 1. The molecule has 2 amide bonds. The number of amides is 2. The normalized spacial score (nSPS) is 21.5. The Morgan fingerprint density at radius 1 is 1.14 bits per heavy atom. The number of benzene rings is 1. The average Bonchev–Trinajstić information content (AvgIpc) is 2.85. The lowest BCUT2D eigenvalue weighted by Gasteiger charge is -2.32. The van der Waals surface area contributed by atoms with E-state index in [-0.39, 0.29) is 11.8 Å². The third-order valence-corrected chi connectivity index (χ3v) is 5.38. The number of rotatable bonds is 1. The highest BCUT2D eigenvalue weighted by Crippen LogP contribution is 2.37. The monoisotopic (exact) mass is 414 g/mol. The molecular weight excluding hydrogens is 400 g/mol. The summed E-state index contributed by atoms with van der Waals surface area (Å²) in [5.74, 6) is -0.00476. The van der Waals surface area contributed by atoms with E-state index in [9.17, 15) is 9.59 Å². The molecule has 1 saturated heterocycles. The molecule has 2 fully saturated rings. The Morgan fingerprint density at radius 3 is 2.52 bits per heavy atom. The van der Waals surface area contributed by atoms with Crippen LogP contribution in [0.1, 0.15) is 32.1 Å². The molecule has 1 aliphatic carbocycles. The highest BCUT2D eigenvalue weighted by atomic mass is 79.9. The SMILES string of the molecule is O=C1CCN(c2ccc(Br)cc2Br)C(=O)C2(CCCC2)N1. The van der Waals surface area contributed by atoms with Crippen molar-refractivity contribution in [3.05, 3.63) is 27.1 Å². The molecule has 0 aromatic heterocycles. The molecule has 1 aromatic carbocycles. The van der Waals surface area contributed by atoms with Crippen LogP contribution in [0, 0.1) is 0 Å². The zero-order valence-corrected chi connectivity index (χ0v) is 14.7. The molecule has 112 valence electrons. The van der Waals surface area contributed by atoms with Crippen molar-refractivity contribution in [2.24, 2.45) is 0 Å². The largest absolute Gasteiger partial charge is 0.342 e. The molecule has 21 heavy (non-hydrogen) atoms. The van der Waals surface area contributed by atoms with Crippen molar-refractivity contribution >= 4 is 49.4 Å². The van der Waals surface area contributed by atoms with Crippen molar-refractivity contribution in [2.75, 3.05) is 11.4 Å². The highest BCUT2D eigenvalue weighted by Gasteiger charge is 2.46. The number of nitrogens with one attached hydrogen (secondary N) is 1. The van der Waals surface area contributed by atoms with Crippen LogP contribution in [0.2, 0.25) is 0 Å². The second-order valence-electron chi connectivity index (χ2n) is 5.64. The van der Waals surface area contributed by atoms with Crippen LogP contribution < -0.4 is 10.2 Å². The number of hydrogen-bond acceptors (Lipinski definition) is 2. The Morgan fingerprint density at radius 2 is 1.86 bits per heavy atom. The van der Waals surface area contributed by atoms with Crippen LogP contribution in [0.4, 0.5) is 5.69 Å². The highest BCUT2D eigenvalue weighted by molar-refractivity contribution is 9.11. The minimum atomic E-state index is -0.694. The van der Waals surface area contributed by atoms with Gasteiger partial charge in [0.25, 0.3) is 5.91 Å².